The van der Waals surface area contributed by atoms with Gasteiger partial charge in [0.2, 0.25) is 0 Å². The van der Waals surface area contributed by atoms with Gasteiger partial charge in [-0.3, -0.25) is 4.79 Å². The molecule has 1 aromatic rings. The predicted molar refractivity (Wildman–Crippen MR) is 71.3 cm³/mol. The molecule has 3 heteroatoms. The van der Waals surface area contributed by atoms with E-state index in [1.165, 1.54) is 32.6 Å². The van der Waals surface area contributed by atoms with E-state index in [0.717, 1.165) is 18.2 Å². The maximum atomic E-state index is 11.2. The lowest BCUT2D eigenvalue weighted by Gasteiger charge is -2.13. The minimum Gasteiger partial charge on any atom is -0.398 e. The van der Waals surface area contributed by atoms with Gasteiger partial charge < -0.3 is 11.1 Å². The van der Waals surface area contributed by atoms with E-state index in [-0.39, 0.29) is 5.78 Å². The van der Waals surface area contributed by atoms with Gasteiger partial charge in [-0.15, -0.1) is 0 Å². The van der Waals surface area contributed by atoms with Crippen LogP contribution < -0.4 is 11.1 Å². The van der Waals surface area contributed by atoms with Crippen molar-refractivity contribution < 1.29 is 4.79 Å². The van der Waals surface area contributed by atoms with Crippen LogP contribution in [0, 0.1) is 5.92 Å². The van der Waals surface area contributed by atoms with Crippen LogP contribution in [0.5, 0.6) is 0 Å². The third-order valence-electron chi connectivity index (χ3n) is 3.50. The number of nitrogens with two attached hydrogens (primary N) is 1. The normalized spacial score (nSPS) is 16.1. The first-order chi connectivity index (χ1) is 8.16. The van der Waals surface area contributed by atoms with Crippen molar-refractivity contribution in [3.05, 3.63) is 23.8 Å². The van der Waals surface area contributed by atoms with Crippen LogP contribution in [0.15, 0.2) is 18.2 Å². The first kappa shape index (κ1) is 12.0. The molecule has 1 aliphatic carbocycles. The van der Waals surface area contributed by atoms with Crippen molar-refractivity contribution in [2.45, 2.75) is 32.6 Å². The fraction of sp³-hybridized carbons (Fsp3) is 0.500. The van der Waals surface area contributed by atoms with E-state index in [1.807, 2.05) is 12.1 Å². The Hall–Kier alpha value is -1.51. The van der Waals surface area contributed by atoms with Gasteiger partial charge in [0.05, 0.1) is 0 Å². The Labute approximate surface area is 102 Å². The van der Waals surface area contributed by atoms with Crippen molar-refractivity contribution in [2.24, 2.45) is 5.92 Å². The zero-order valence-corrected chi connectivity index (χ0v) is 10.3. The topological polar surface area (TPSA) is 55.1 Å². The maximum absolute atomic E-state index is 11.2. The van der Waals surface area contributed by atoms with Crippen molar-refractivity contribution in [3.8, 4) is 0 Å². The Morgan fingerprint density at radius 1 is 1.41 bits per heavy atom. The monoisotopic (exact) mass is 232 g/mol. The highest BCUT2D eigenvalue weighted by Crippen LogP contribution is 2.25. The van der Waals surface area contributed by atoms with Gasteiger partial charge in [0.1, 0.15) is 0 Å². The molecule has 3 N–H and O–H groups in total. The minimum absolute atomic E-state index is 0.0184. The Balaban J connectivity index is 1.97. The average Bonchev–Trinajstić information content (AvgIpc) is 2.78. The van der Waals surface area contributed by atoms with Gasteiger partial charge in [0.15, 0.2) is 5.78 Å². The molecule has 0 saturated heterocycles. The van der Waals surface area contributed by atoms with Gasteiger partial charge in [-0.25, -0.2) is 0 Å². The molecule has 0 aromatic heterocycles. The summed E-state index contributed by atoms with van der Waals surface area (Å²) in [4.78, 5) is 11.2. The lowest BCUT2D eigenvalue weighted by Crippen LogP contribution is -2.11. The average molecular weight is 232 g/mol. The Morgan fingerprint density at radius 3 is 2.71 bits per heavy atom. The van der Waals surface area contributed by atoms with Crippen LogP contribution in [0.1, 0.15) is 43.0 Å². The molecule has 3 nitrogen and oxygen atoms in total. The molecule has 0 aliphatic heterocycles. The quantitative estimate of drug-likeness (QED) is 0.619. The van der Waals surface area contributed by atoms with E-state index >= 15 is 0 Å². The third-order valence-corrected chi connectivity index (χ3v) is 3.50. The molecule has 1 aromatic carbocycles. The van der Waals surface area contributed by atoms with E-state index in [0.29, 0.717) is 11.3 Å². The van der Waals surface area contributed by atoms with Crippen molar-refractivity contribution in [1.82, 2.24) is 0 Å². The van der Waals surface area contributed by atoms with E-state index in [2.05, 4.69) is 5.32 Å². The summed E-state index contributed by atoms with van der Waals surface area (Å²) >= 11 is 0. The van der Waals surface area contributed by atoms with Crippen LogP contribution in [-0.4, -0.2) is 12.3 Å². The molecule has 1 aliphatic rings. The molecule has 92 valence electrons. The second kappa shape index (κ2) is 5.21. The van der Waals surface area contributed by atoms with Crippen LogP contribution in [0.25, 0.3) is 0 Å². The highest BCUT2D eigenvalue weighted by Gasteiger charge is 2.14. The maximum Gasteiger partial charge on any atom is 0.161 e. The van der Waals surface area contributed by atoms with Gasteiger partial charge >= 0.3 is 0 Å². The predicted octanol–water partition coefficient (Wildman–Crippen LogP) is 3.07. The molecular weight excluding hydrogens is 212 g/mol. The van der Waals surface area contributed by atoms with E-state index < -0.39 is 0 Å². The van der Waals surface area contributed by atoms with Crippen LogP contribution in [-0.2, 0) is 0 Å². The standard InChI is InChI=1S/C14H20N2O/c1-10(17)13-7-6-12(8-14(13)15)16-9-11-4-2-3-5-11/h6-8,11,16H,2-5,9,15H2,1H3. The summed E-state index contributed by atoms with van der Waals surface area (Å²) in [7, 11) is 0. The number of nitrogens with one attached hydrogen (secondary N) is 1. The number of nitrogen functional groups attached to an aromatic ring is 1. The van der Waals surface area contributed by atoms with Gasteiger partial charge in [-0.2, -0.15) is 0 Å². The number of ketones is 1. The molecule has 2 rings (SSSR count). The highest BCUT2D eigenvalue weighted by atomic mass is 16.1. The van der Waals surface area contributed by atoms with E-state index in [4.69, 9.17) is 5.73 Å². The molecule has 0 heterocycles. The van der Waals surface area contributed by atoms with Crippen molar-refractivity contribution in [2.75, 3.05) is 17.6 Å². The number of anilines is 2. The lowest BCUT2D eigenvalue weighted by atomic mass is 10.1. The largest absolute Gasteiger partial charge is 0.398 e. The lowest BCUT2D eigenvalue weighted by molar-refractivity contribution is 0.101. The van der Waals surface area contributed by atoms with Gasteiger partial charge in [-0.1, -0.05) is 12.8 Å². The molecule has 0 amide bonds. The number of carbonyl (C=O) groups is 1. The summed E-state index contributed by atoms with van der Waals surface area (Å²) in [6, 6.07) is 5.59. The minimum atomic E-state index is 0.0184. The summed E-state index contributed by atoms with van der Waals surface area (Å²) in [6.45, 7) is 2.55. The number of hydrogen-bond donors (Lipinski definition) is 2. The summed E-state index contributed by atoms with van der Waals surface area (Å²) in [5.41, 5.74) is 8.03. The van der Waals surface area contributed by atoms with E-state index in [9.17, 15) is 4.79 Å². The molecule has 0 radical (unpaired) electrons. The Morgan fingerprint density at radius 2 is 2.12 bits per heavy atom. The van der Waals surface area contributed by atoms with Gasteiger partial charge in [-0.05, 0) is 43.9 Å². The molecule has 1 saturated carbocycles. The molecule has 0 atom stereocenters. The molecule has 0 bridgehead atoms. The zero-order chi connectivity index (χ0) is 12.3. The van der Waals surface area contributed by atoms with Crippen LogP contribution in [0.3, 0.4) is 0 Å². The molecular formula is C14H20N2O. The number of carbonyl (C=O) groups excluding carboxylic acids is 1. The summed E-state index contributed by atoms with van der Waals surface area (Å²) in [6.07, 6.45) is 5.37. The smallest absolute Gasteiger partial charge is 0.161 e. The summed E-state index contributed by atoms with van der Waals surface area (Å²) in [5.74, 6) is 0.813. The van der Waals surface area contributed by atoms with Crippen molar-refractivity contribution in [3.63, 3.8) is 0 Å². The van der Waals surface area contributed by atoms with Gasteiger partial charge in [0, 0.05) is 23.5 Å². The van der Waals surface area contributed by atoms with Crippen LogP contribution in [0.2, 0.25) is 0 Å². The second-order valence-electron chi connectivity index (χ2n) is 4.89. The van der Waals surface area contributed by atoms with E-state index in [1.54, 1.807) is 6.07 Å². The molecule has 0 unspecified atom stereocenters. The fourth-order valence-corrected chi connectivity index (χ4v) is 2.47. The number of rotatable bonds is 4. The van der Waals surface area contributed by atoms with Crippen LogP contribution >= 0.6 is 0 Å². The first-order valence-corrected chi connectivity index (χ1v) is 6.31. The van der Waals surface area contributed by atoms with Crippen molar-refractivity contribution in [1.29, 1.82) is 0 Å². The highest BCUT2D eigenvalue weighted by molar-refractivity contribution is 5.99. The second-order valence-corrected chi connectivity index (χ2v) is 4.89. The molecule has 17 heavy (non-hydrogen) atoms. The summed E-state index contributed by atoms with van der Waals surface area (Å²) in [5, 5.41) is 3.40. The fourth-order valence-electron chi connectivity index (χ4n) is 2.47. The zero-order valence-electron chi connectivity index (χ0n) is 10.3. The van der Waals surface area contributed by atoms with Crippen LogP contribution in [0.4, 0.5) is 11.4 Å². The Kier molecular flexibility index (Phi) is 3.67. The SMILES string of the molecule is CC(=O)c1ccc(NCC2CCCC2)cc1N. The third kappa shape index (κ3) is 2.99. The van der Waals surface area contributed by atoms with Crippen molar-refractivity contribution >= 4 is 17.2 Å². The number of hydrogen-bond acceptors (Lipinski definition) is 3. The number of benzene rings is 1. The first-order valence-electron chi connectivity index (χ1n) is 6.31. The van der Waals surface area contributed by atoms with Gasteiger partial charge in [0.25, 0.3) is 0 Å². The molecule has 1 fully saturated rings. The molecule has 0 spiro atoms. The number of Topliss-reactive ketones (excluding diaryl/α,β-unsaturated/α-hetero) is 1. The Bertz CT molecular complexity index is 409. The summed E-state index contributed by atoms with van der Waals surface area (Å²) < 4.78 is 0.